The first-order valence-electron chi connectivity index (χ1n) is 16.9. The summed E-state index contributed by atoms with van der Waals surface area (Å²) in [6, 6.07) is 53.9. The molecule has 2 aromatic heterocycles. The van der Waals surface area contributed by atoms with Gasteiger partial charge in [-0.3, -0.25) is 4.98 Å². The molecule has 0 amide bonds. The molecule has 0 aliphatic heterocycles. The molecule has 1 unspecified atom stereocenters. The molecule has 0 saturated heterocycles. The van der Waals surface area contributed by atoms with Crippen LogP contribution in [0.15, 0.2) is 182 Å². The third-order valence-electron chi connectivity index (χ3n) is 10.0. The average Bonchev–Trinajstić information content (AvgIpc) is 3.49. The topological polar surface area (TPSA) is 38.7 Å². The molecule has 232 valence electrons. The zero-order valence-electron chi connectivity index (χ0n) is 26.9. The summed E-state index contributed by atoms with van der Waals surface area (Å²) >= 11 is 0. The van der Waals surface area contributed by atoms with E-state index in [0.717, 1.165) is 34.8 Å². The molecule has 0 bridgehead atoms. The number of aromatic nitrogens is 3. The minimum Gasteiger partial charge on any atom is -0.264 e. The van der Waals surface area contributed by atoms with E-state index in [9.17, 15) is 0 Å². The third-order valence-corrected chi connectivity index (χ3v) is 10.0. The Bertz CT molecular complexity index is 2250. The Morgan fingerprint density at radius 1 is 0.551 bits per heavy atom. The van der Waals surface area contributed by atoms with E-state index in [-0.39, 0.29) is 5.92 Å². The van der Waals surface area contributed by atoms with Crippen LogP contribution in [-0.4, -0.2) is 15.0 Å². The van der Waals surface area contributed by atoms with Crippen LogP contribution in [0.1, 0.15) is 45.8 Å². The first kappa shape index (κ1) is 29.0. The fraction of sp³-hybridized carbons (Fsp3) is 0.0652. The second-order valence-electron chi connectivity index (χ2n) is 12.8. The van der Waals surface area contributed by atoms with Crippen molar-refractivity contribution in [2.45, 2.75) is 17.8 Å². The lowest BCUT2D eigenvalue weighted by atomic mass is 9.67. The summed E-state index contributed by atoms with van der Waals surface area (Å²) in [6.07, 6.45) is 11.6. The van der Waals surface area contributed by atoms with Crippen molar-refractivity contribution in [1.29, 1.82) is 0 Å². The van der Waals surface area contributed by atoms with Crippen molar-refractivity contribution in [3.63, 3.8) is 0 Å². The quantitative estimate of drug-likeness (QED) is 0.184. The van der Waals surface area contributed by atoms with Crippen LogP contribution in [-0.2, 0) is 5.41 Å². The van der Waals surface area contributed by atoms with Gasteiger partial charge in [-0.05, 0) is 63.6 Å². The van der Waals surface area contributed by atoms with Gasteiger partial charge in [-0.15, -0.1) is 0 Å². The molecule has 1 atom stereocenters. The van der Waals surface area contributed by atoms with E-state index in [1.54, 1.807) is 0 Å². The lowest BCUT2D eigenvalue weighted by Crippen LogP contribution is -2.28. The highest BCUT2D eigenvalue weighted by Crippen LogP contribution is 2.56. The van der Waals surface area contributed by atoms with Gasteiger partial charge in [0.25, 0.3) is 0 Å². The van der Waals surface area contributed by atoms with Gasteiger partial charge in [-0.1, -0.05) is 152 Å². The van der Waals surface area contributed by atoms with Gasteiger partial charge in [0.05, 0.1) is 16.8 Å². The highest BCUT2D eigenvalue weighted by Gasteiger charge is 2.46. The van der Waals surface area contributed by atoms with Gasteiger partial charge >= 0.3 is 0 Å². The average molecular weight is 628 g/mol. The van der Waals surface area contributed by atoms with E-state index < -0.39 is 5.41 Å². The largest absolute Gasteiger partial charge is 0.264 e. The molecule has 3 heteroatoms. The maximum atomic E-state index is 5.17. The highest BCUT2D eigenvalue weighted by molar-refractivity contribution is 5.87. The monoisotopic (exact) mass is 627 g/mol. The van der Waals surface area contributed by atoms with Gasteiger partial charge in [0.2, 0.25) is 0 Å². The smallest absolute Gasteiger partial charge is 0.160 e. The first-order chi connectivity index (χ1) is 24.3. The molecule has 0 spiro atoms. The lowest BCUT2D eigenvalue weighted by molar-refractivity contribution is 0.766. The number of rotatable bonds is 6. The standard InChI is InChI=1S/C46H33N3/c1-5-14-32(15-6-1)43-30-44(49-45(48-43)33-16-7-2-8-17-33)36-19-13-18-34(28-36)35-24-25-39-40-31-47-27-26-41(40)46(42(39)29-35,37-20-9-3-10-21-37)38-22-11-4-12-23-38/h1-27,29-31,36H,28H2. The summed E-state index contributed by atoms with van der Waals surface area (Å²) in [5.74, 6) is 0.858. The number of hydrogen-bond acceptors (Lipinski definition) is 3. The molecule has 2 aliphatic carbocycles. The Balaban J connectivity index is 1.16. The van der Waals surface area contributed by atoms with Crippen molar-refractivity contribution in [1.82, 2.24) is 15.0 Å². The molecular weight excluding hydrogens is 595 g/mol. The van der Waals surface area contributed by atoms with E-state index in [1.807, 2.05) is 36.7 Å². The number of hydrogen-bond donors (Lipinski definition) is 0. The minimum atomic E-state index is -0.460. The molecule has 0 saturated carbocycles. The summed E-state index contributed by atoms with van der Waals surface area (Å²) < 4.78 is 0. The predicted molar refractivity (Wildman–Crippen MR) is 199 cm³/mol. The fourth-order valence-electron chi connectivity index (χ4n) is 7.76. The van der Waals surface area contributed by atoms with Gasteiger partial charge in [-0.2, -0.15) is 0 Å². The second-order valence-corrected chi connectivity index (χ2v) is 12.8. The van der Waals surface area contributed by atoms with E-state index in [4.69, 9.17) is 9.97 Å². The summed E-state index contributed by atoms with van der Waals surface area (Å²) in [6.45, 7) is 0. The number of pyridine rings is 1. The van der Waals surface area contributed by atoms with Crippen LogP contribution in [0.2, 0.25) is 0 Å². The van der Waals surface area contributed by atoms with Crippen molar-refractivity contribution in [2.24, 2.45) is 0 Å². The Labute approximate surface area is 287 Å². The van der Waals surface area contributed by atoms with Crippen LogP contribution >= 0.6 is 0 Å². The lowest BCUT2D eigenvalue weighted by Gasteiger charge is -2.34. The molecule has 9 rings (SSSR count). The third kappa shape index (κ3) is 4.94. The van der Waals surface area contributed by atoms with Crippen LogP contribution in [0, 0.1) is 0 Å². The van der Waals surface area contributed by atoms with Crippen LogP contribution in [0.25, 0.3) is 39.3 Å². The molecule has 0 fully saturated rings. The van der Waals surface area contributed by atoms with Crippen LogP contribution in [0.3, 0.4) is 0 Å². The summed E-state index contributed by atoms with van der Waals surface area (Å²) in [5.41, 5.74) is 13.6. The van der Waals surface area contributed by atoms with Crippen molar-refractivity contribution in [2.75, 3.05) is 0 Å². The predicted octanol–water partition coefficient (Wildman–Crippen LogP) is 10.7. The SMILES string of the molecule is C1=CC(c2cc(-c3ccccc3)nc(-c3ccccc3)n2)CC(c2ccc3c(c2)C(c2ccccc2)(c2ccccc2)c2ccncc2-3)=C1. The number of nitrogens with zero attached hydrogens (tertiary/aromatic N) is 3. The molecule has 3 nitrogen and oxygen atoms in total. The van der Waals surface area contributed by atoms with Gasteiger partial charge in [-0.25, -0.2) is 9.97 Å². The molecule has 5 aromatic carbocycles. The van der Waals surface area contributed by atoms with Gasteiger partial charge in [0.1, 0.15) is 0 Å². The number of allylic oxidation sites excluding steroid dienone is 4. The first-order valence-corrected chi connectivity index (χ1v) is 16.9. The molecule has 2 heterocycles. The molecule has 2 aliphatic rings. The maximum absolute atomic E-state index is 5.17. The van der Waals surface area contributed by atoms with E-state index in [1.165, 1.54) is 44.5 Å². The molecule has 49 heavy (non-hydrogen) atoms. The Morgan fingerprint density at radius 3 is 1.90 bits per heavy atom. The van der Waals surface area contributed by atoms with Crippen LogP contribution in [0.5, 0.6) is 0 Å². The molecule has 7 aromatic rings. The van der Waals surface area contributed by atoms with E-state index in [2.05, 4.69) is 151 Å². The summed E-state index contributed by atoms with van der Waals surface area (Å²) in [5, 5.41) is 0. The van der Waals surface area contributed by atoms with E-state index in [0.29, 0.717) is 0 Å². The Kier molecular flexibility index (Phi) is 7.17. The van der Waals surface area contributed by atoms with Crippen molar-refractivity contribution in [3.05, 3.63) is 216 Å². The van der Waals surface area contributed by atoms with Gasteiger partial charge in [0, 0.05) is 35.0 Å². The Hall–Kier alpha value is -6.19. The summed E-state index contributed by atoms with van der Waals surface area (Å²) in [7, 11) is 0. The zero-order valence-corrected chi connectivity index (χ0v) is 26.9. The number of fused-ring (bicyclic) bond motifs is 3. The van der Waals surface area contributed by atoms with Crippen molar-refractivity contribution < 1.29 is 0 Å². The Morgan fingerprint density at radius 2 is 1.20 bits per heavy atom. The number of benzene rings is 5. The van der Waals surface area contributed by atoms with Gasteiger partial charge < -0.3 is 0 Å². The van der Waals surface area contributed by atoms with Crippen molar-refractivity contribution in [3.8, 4) is 33.8 Å². The maximum Gasteiger partial charge on any atom is 0.160 e. The van der Waals surface area contributed by atoms with Crippen molar-refractivity contribution >= 4 is 5.57 Å². The zero-order chi connectivity index (χ0) is 32.6. The fourth-order valence-corrected chi connectivity index (χ4v) is 7.76. The van der Waals surface area contributed by atoms with Crippen LogP contribution in [0.4, 0.5) is 0 Å². The molecular formula is C46H33N3. The van der Waals surface area contributed by atoms with E-state index >= 15 is 0 Å². The van der Waals surface area contributed by atoms with Crippen LogP contribution < -0.4 is 0 Å². The normalized spacial score (nSPS) is 15.7. The molecule has 0 N–H and O–H groups in total. The highest BCUT2D eigenvalue weighted by atomic mass is 14.9. The molecule has 0 radical (unpaired) electrons. The summed E-state index contributed by atoms with van der Waals surface area (Å²) in [4.78, 5) is 14.8. The minimum absolute atomic E-state index is 0.107. The van der Waals surface area contributed by atoms with Gasteiger partial charge in [0.15, 0.2) is 5.82 Å². The second kappa shape index (κ2) is 12.1.